The second-order valence-electron chi connectivity index (χ2n) is 4.47. The zero-order chi connectivity index (χ0) is 16.7. The van der Waals surface area contributed by atoms with Gasteiger partial charge in [0.1, 0.15) is 0 Å². The molecule has 1 aromatic rings. The topological polar surface area (TPSA) is 153 Å². The minimum atomic E-state index is -1.51. The number of para-hydroxylation sites is 2. The number of hydrogen-bond donors (Lipinski definition) is 2. The van der Waals surface area contributed by atoms with E-state index in [-0.39, 0.29) is 12.1 Å². The van der Waals surface area contributed by atoms with Gasteiger partial charge in [-0.3, -0.25) is 10.1 Å². The first-order chi connectivity index (χ1) is 10.4. The number of aliphatic carboxylic acids is 1. The zero-order valence-electron chi connectivity index (χ0n) is 11.6. The summed E-state index contributed by atoms with van der Waals surface area (Å²) in [4.78, 5) is 32.8. The van der Waals surface area contributed by atoms with Crippen LogP contribution in [0.25, 0.3) is 0 Å². The molecule has 3 N–H and O–H groups in total. The number of nitro groups is 2. The Balaban J connectivity index is 3.23. The number of carboxylic acids is 1. The summed E-state index contributed by atoms with van der Waals surface area (Å²) in [5, 5.41) is 30.9. The number of unbranched alkanes of at least 4 members (excludes halogenated alkanes) is 1. The van der Waals surface area contributed by atoms with Gasteiger partial charge in [-0.2, -0.15) is 0 Å². The number of hydrogen-bond acceptors (Lipinski definition) is 6. The molecule has 0 aromatic heterocycles. The lowest BCUT2D eigenvalue weighted by Gasteiger charge is -2.21. The molecule has 0 amide bonds. The molecule has 120 valence electrons. The monoisotopic (exact) mass is 312 g/mol. The molecule has 1 unspecified atom stereocenters. The third-order valence-electron chi connectivity index (χ3n) is 3.01. The quantitative estimate of drug-likeness (QED) is 0.391. The van der Waals surface area contributed by atoms with Gasteiger partial charge in [0.25, 0.3) is 5.69 Å². The lowest BCUT2D eigenvalue weighted by molar-refractivity contribution is -0.500. The number of nitro benzene ring substituents is 1. The van der Waals surface area contributed by atoms with Crippen molar-refractivity contribution in [2.24, 2.45) is 5.73 Å². The van der Waals surface area contributed by atoms with Gasteiger partial charge in [-0.1, -0.05) is 17.1 Å². The van der Waals surface area contributed by atoms with Gasteiger partial charge in [-0.05, 0) is 31.9 Å². The van der Waals surface area contributed by atoms with Crippen molar-refractivity contribution >= 4 is 17.3 Å². The number of benzene rings is 1. The number of hydrazine groups is 1. The van der Waals surface area contributed by atoms with E-state index in [4.69, 9.17) is 5.73 Å². The standard InChI is InChI=1S/C12H16N4O6/c13-8-4-3-7-11(12(17)18)14(16(21)22)9-5-1-2-6-10(9)15(19)20/h1-2,5-6,11H,3-4,7-8,13H2,(H,17,18). The predicted octanol–water partition coefficient (Wildman–Crippen LogP) is 1.18. The largest absolute Gasteiger partial charge is 0.480 e. The Morgan fingerprint density at radius 1 is 1.27 bits per heavy atom. The van der Waals surface area contributed by atoms with Gasteiger partial charge in [0.2, 0.25) is 0 Å². The smallest absolute Gasteiger partial charge is 0.332 e. The molecule has 0 aliphatic heterocycles. The Hall–Kier alpha value is -2.75. The van der Waals surface area contributed by atoms with Gasteiger partial charge in [0.05, 0.1) is 4.92 Å². The van der Waals surface area contributed by atoms with E-state index < -0.39 is 27.7 Å². The van der Waals surface area contributed by atoms with Crippen LogP contribution >= 0.6 is 0 Å². The van der Waals surface area contributed by atoms with E-state index in [0.717, 1.165) is 12.1 Å². The minimum Gasteiger partial charge on any atom is -0.480 e. The molecule has 10 nitrogen and oxygen atoms in total. The Bertz CT molecular complexity index is 564. The van der Waals surface area contributed by atoms with Crippen LogP contribution in [0.2, 0.25) is 0 Å². The molecule has 0 heterocycles. The summed E-state index contributed by atoms with van der Waals surface area (Å²) in [5.74, 6) is -1.42. The van der Waals surface area contributed by atoms with E-state index in [0.29, 0.717) is 24.4 Å². The Morgan fingerprint density at radius 2 is 1.91 bits per heavy atom. The van der Waals surface area contributed by atoms with Crippen LogP contribution in [0, 0.1) is 20.2 Å². The lowest BCUT2D eigenvalue weighted by Crippen LogP contribution is -2.45. The molecule has 22 heavy (non-hydrogen) atoms. The summed E-state index contributed by atoms with van der Waals surface area (Å²) in [6.45, 7) is 0.330. The van der Waals surface area contributed by atoms with Crippen LogP contribution in [0.4, 0.5) is 11.4 Å². The summed E-state index contributed by atoms with van der Waals surface area (Å²) in [6.07, 6.45) is 0.824. The summed E-state index contributed by atoms with van der Waals surface area (Å²) in [6, 6.07) is 3.45. The maximum Gasteiger partial charge on any atom is 0.332 e. The fourth-order valence-corrected chi connectivity index (χ4v) is 2.01. The third-order valence-corrected chi connectivity index (χ3v) is 3.01. The van der Waals surface area contributed by atoms with Crippen LogP contribution in [-0.4, -0.2) is 33.6 Å². The van der Waals surface area contributed by atoms with E-state index in [1.54, 1.807) is 0 Å². The van der Waals surface area contributed by atoms with E-state index in [1.807, 2.05) is 0 Å². The van der Waals surface area contributed by atoms with Crippen molar-refractivity contribution < 1.29 is 19.9 Å². The predicted molar refractivity (Wildman–Crippen MR) is 76.9 cm³/mol. The summed E-state index contributed by atoms with van der Waals surface area (Å²) < 4.78 is 0. The highest BCUT2D eigenvalue weighted by Gasteiger charge is 2.38. The molecule has 1 atom stereocenters. The number of nitrogens with zero attached hydrogens (tertiary/aromatic N) is 3. The first kappa shape index (κ1) is 17.3. The van der Waals surface area contributed by atoms with Crippen molar-refractivity contribution in [1.82, 2.24) is 0 Å². The molecular weight excluding hydrogens is 296 g/mol. The highest BCUT2D eigenvalue weighted by molar-refractivity contribution is 5.79. The molecule has 0 fully saturated rings. The maximum absolute atomic E-state index is 11.3. The average Bonchev–Trinajstić information content (AvgIpc) is 2.46. The Morgan fingerprint density at radius 3 is 2.41 bits per heavy atom. The molecule has 0 aliphatic rings. The van der Waals surface area contributed by atoms with Crippen LogP contribution in [0.3, 0.4) is 0 Å². The van der Waals surface area contributed by atoms with Crippen molar-refractivity contribution in [1.29, 1.82) is 0 Å². The normalized spacial score (nSPS) is 11.7. The van der Waals surface area contributed by atoms with E-state index in [1.165, 1.54) is 12.1 Å². The average molecular weight is 312 g/mol. The molecule has 0 saturated carbocycles. The van der Waals surface area contributed by atoms with Crippen molar-refractivity contribution in [3.8, 4) is 0 Å². The zero-order valence-corrected chi connectivity index (χ0v) is 11.6. The summed E-state index contributed by atoms with van der Waals surface area (Å²) >= 11 is 0. The lowest BCUT2D eigenvalue weighted by atomic mass is 10.1. The van der Waals surface area contributed by atoms with Crippen molar-refractivity contribution in [3.05, 3.63) is 44.5 Å². The first-order valence-electron chi connectivity index (χ1n) is 6.50. The number of nitrogens with two attached hydrogens (primary N) is 1. The van der Waals surface area contributed by atoms with E-state index >= 15 is 0 Å². The maximum atomic E-state index is 11.3. The third kappa shape index (κ3) is 4.12. The summed E-state index contributed by atoms with van der Waals surface area (Å²) in [5.41, 5.74) is 4.43. The minimum absolute atomic E-state index is 0.0421. The van der Waals surface area contributed by atoms with Gasteiger partial charge >= 0.3 is 5.97 Å². The van der Waals surface area contributed by atoms with Gasteiger partial charge in [-0.15, -0.1) is 0 Å². The molecule has 1 aromatic carbocycles. The van der Waals surface area contributed by atoms with Gasteiger partial charge in [-0.25, -0.2) is 14.9 Å². The molecule has 0 radical (unpaired) electrons. The first-order valence-corrected chi connectivity index (χ1v) is 6.50. The Labute approximate surface area is 125 Å². The molecule has 10 heteroatoms. The van der Waals surface area contributed by atoms with Crippen LogP contribution in [0.1, 0.15) is 19.3 Å². The van der Waals surface area contributed by atoms with Crippen molar-refractivity contribution in [3.63, 3.8) is 0 Å². The highest BCUT2D eigenvalue weighted by atomic mass is 16.7. The van der Waals surface area contributed by atoms with E-state index in [9.17, 15) is 30.1 Å². The van der Waals surface area contributed by atoms with Gasteiger partial charge < -0.3 is 10.8 Å². The molecule has 0 aliphatic carbocycles. The van der Waals surface area contributed by atoms with Crippen LogP contribution in [0.5, 0.6) is 0 Å². The van der Waals surface area contributed by atoms with Crippen LogP contribution < -0.4 is 10.7 Å². The van der Waals surface area contributed by atoms with Crippen molar-refractivity contribution in [2.45, 2.75) is 25.3 Å². The van der Waals surface area contributed by atoms with E-state index in [2.05, 4.69) is 0 Å². The number of carboxylic acid groups (broad SMARTS) is 1. The molecular formula is C12H16N4O6. The highest BCUT2D eigenvalue weighted by Crippen LogP contribution is 2.30. The summed E-state index contributed by atoms with van der Waals surface area (Å²) in [7, 11) is 0. The molecule has 0 bridgehead atoms. The number of rotatable bonds is 9. The second kappa shape index (κ2) is 7.88. The number of carbonyl (C=O) groups is 1. The van der Waals surface area contributed by atoms with Crippen molar-refractivity contribution in [2.75, 3.05) is 11.6 Å². The SMILES string of the molecule is NCCCCC(C(=O)O)N(c1ccccc1[N+](=O)[O-])[N+](=O)[O-]. The van der Waals surface area contributed by atoms with Gasteiger partial charge in [0.15, 0.2) is 16.8 Å². The second-order valence-corrected chi connectivity index (χ2v) is 4.47. The molecule has 0 saturated heterocycles. The fraction of sp³-hybridized carbons (Fsp3) is 0.417. The molecule has 1 rings (SSSR count). The van der Waals surface area contributed by atoms with Crippen LogP contribution in [0.15, 0.2) is 24.3 Å². The van der Waals surface area contributed by atoms with Crippen LogP contribution in [-0.2, 0) is 4.79 Å². The number of anilines is 1. The van der Waals surface area contributed by atoms with Gasteiger partial charge in [0, 0.05) is 6.07 Å². The Kier molecular flexibility index (Phi) is 6.20. The fourth-order valence-electron chi connectivity index (χ4n) is 2.01. The molecule has 0 spiro atoms.